The monoisotopic (exact) mass is 314 g/mol. The molecule has 0 bridgehead atoms. The van der Waals surface area contributed by atoms with Crippen molar-refractivity contribution in [3.8, 4) is 0 Å². The number of unbranched alkanes of at least 4 members (excludes halogenated alkanes) is 1. The van der Waals surface area contributed by atoms with Crippen molar-refractivity contribution in [2.45, 2.75) is 36.0 Å². The molecule has 116 valence electrons. The molecule has 0 heterocycles. The van der Waals surface area contributed by atoms with E-state index in [4.69, 9.17) is 5.73 Å². The number of carbonyl (C=O) groups is 1. The number of nitrogens with two attached hydrogens (primary N) is 1. The average molecular weight is 314 g/mol. The van der Waals surface area contributed by atoms with E-state index in [0.29, 0.717) is 0 Å². The predicted molar refractivity (Wildman–Crippen MR) is 93.3 cm³/mol. The highest BCUT2D eigenvalue weighted by atomic mass is 32.2. The van der Waals surface area contributed by atoms with Crippen LogP contribution in [0.5, 0.6) is 0 Å². The van der Waals surface area contributed by atoms with E-state index in [0.717, 1.165) is 17.0 Å². The highest BCUT2D eigenvalue weighted by molar-refractivity contribution is 7.99. The summed E-state index contributed by atoms with van der Waals surface area (Å²) in [6, 6.07) is 16.5. The highest BCUT2D eigenvalue weighted by Gasteiger charge is 2.01. The number of hydrogen-bond acceptors (Lipinski definition) is 3. The van der Waals surface area contributed by atoms with Gasteiger partial charge in [-0.1, -0.05) is 37.2 Å². The molecule has 3 nitrogen and oxygen atoms in total. The largest absolute Gasteiger partial charge is 0.325 e. The minimum absolute atomic E-state index is 0.000874. The summed E-state index contributed by atoms with van der Waals surface area (Å²) in [6.07, 6.45) is 3.61. The molecule has 4 heteroatoms. The van der Waals surface area contributed by atoms with Gasteiger partial charge in [-0.3, -0.25) is 4.79 Å². The Kier molecular flexibility index (Phi) is 6.49. The molecule has 0 unspecified atom stereocenters. The van der Waals surface area contributed by atoms with Gasteiger partial charge in [-0.25, -0.2) is 0 Å². The third-order valence-corrected chi connectivity index (χ3v) is 4.32. The maximum Gasteiger partial charge on any atom is 0.238 e. The summed E-state index contributed by atoms with van der Waals surface area (Å²) >= 11 is 1.72. The Bertz CT molecular complexity index is 593. The van der Waals surface area contributed by atoms with Gasteiger partial charge in [0.1, 0.15) is 0 Å². The van der Waals surface area contributed by atoms with Crippen LogP contribution in [-0.2, 0) is 11.2 Å². The van der Waals surface area contributed by atoms with Crippen molar-refractivity contribution in [2.24, 2.45) is 5.73 Å². The molecule has 0 aliphatic rings. The van der Waals surface area contributed by atoms with E-state index in [2.05, 4.69) is 36.5 Å². The van der Waals surface area contributed by atoms with Gasteiger partial charge in [-0.15, -0.1) is 0 Å². The number of carbonyl (C=O) groups excluding carboxylic acids is 1. The van der Waals surface area contributed by atoms with Crippen LogP contribution < -0.4 is 11.1 Å². The van der Waals surface area contributed by atoms with Gasteiger partial charge in [0.2, 0.25) is 5.91 Å². The van der Waals surface area contributed by atoms with E-state index in [-0.39, 0.29) is 12.5 Å². The van der Waals surface area contributed by atoms with Crippen LogP contribution in [-0.4, -0.2) is 12.5 Å². The summed E-state index contributed by atoms with van der Waals surface area (Å²) in [7, 11) is 0. The topological polar surface area (TPSA) is 55.1 Å². The number of rotatable bonds is 7. The fourth-order valence-corrected chi connectivity index (χ4v) is 2.88. The molecule has 2 aromatic carbocycles. The Balaban J connectivity index is 1.94. The van der Waals surface area contributed by atoms with Crippen molar-refractivity contribution in [3.05, 3.63) is 54.1 Å². The number of amides is 1. The Morgan fingerprint density at radius 2 is 1.64 bits per heavy atom. The minimum Gasteiger partial charge on any atom is -0.325 e. The first-order valence-electron chi connectivity index (χ1n) is 7.58. The zero-order valence-corrected chi connectivity index (χ0v) is 13.7. The maximum atomic E-state index is 11.2. The van der Waals surface area contributed by atoms with E-state index >= 15 is 0 Å². The van der Waals surface area contributed by atoms with Crippen LogP contribution in [0, 0.1) is 0 Å². The zero-order chi connectivity index (χ0) is 15.8. The lowest BCUT2D eigenvalue weighted by Gasteiger charge is -2.06. The zero-order valence-electron chi connectivity index (χ0n) is 12.8. The molecular weight excluding hydrogens is 292 g/mol. The second-order valence-electron chi connectivity index (χ2n) is 5.13. The van der Waals surface area contributed by atoms with Gasteiger partial charge in [0.25, 0.3) is 0 Å². The molecule has 0 aliphatic heterocycles. The quantitative estimate of drug-likeness (QED) is 0.809. The number of benzene rings is 2. The molecule has 2 rings (SSSR count). The molecule has 22 heavy (non-hydrogen) atoms. The van der Waals surface area contributed by atoms with Crippen molar-refractivity contribution in [2.75, 3.05) is 11.9 Å². The fraction of sp³-hybridized carbons (Fsp3) is 0.278. The standard InChI is InChI=1S/C18H22N2OS/c1-2-3-4-14-5-9-16(10-6-14)22-17-11-7-15(8-12-17)20-18(21)13-19/h5-12H,2-4,13,19H2,1H3,(H,20,21). The van der Waals surface area contributed by atoms with Crippen LogP contribution in [0.4, 0.5) is 5.69 Å². The first kappa shape index (κ1) is 16.6. The Labute approximate surface area is 136 Å². The number of hydrogen-bond donors (Lipinski definition) is 2. The van der Waals surface area contributed by atoms with Gasteiger partial charge >= 0.3 is 0 Å². The van der Waals surface area contributed by atoms with Gasteiger partial charge in [0.15, 0.2) is 0 Å². The molecule has 0 spiro atoms. The van der Waals surface area contributed by atoms with E-state index in [9.17, 15) is 4.79 Å². The number of nitrogens with one attached hydrogen (secondary N) is 1. The Morgan fingerprint density at radius 3 is 2.18 bits per heavy atom. The third kappa shape index (κ3) is 5.20. The van der Waals surface area contributed by atoms with Crippen molar-refractivity contribution in [1.29, 1.82) is 0 Å². The molecule has 2 aromatic rings. The van der Waals surface area contributed by atoms with Crippen LogP contribution in [0.2, 0.25) is 0 Å². The predicted octanol–water partition coefficient (Wildman–Crippen LogP) is 4.08. The second kappa shape index (κ2) is 8.61. The molecule has 0 saturated carbocycles. The van der Waals surface area contributed by atoms with Crippen molar-refractivity contribution >= 4 is 23.4 Å². The molecule has 0 saturated heterocycles. The van der Waals surface area contributed by atoms with Gasteiger partial charge in [-0.05, 0) is 54.8 Å². The summed E-state index contributed by atoms with van der Waals surface area (Å²) in [5, 5.41) is 2.74. The normalized spacial score (nSPS) is 10.5. The van der Waals surface area contributed by atoms with E-state index in [1.54, 1.807) is 11.8 Å². The Morgan fingerprint density at radius 1 is 1.05 bits per heavy atom. The first-order valence-corrected chi connectivity index (χ1v) is 8.39. The minimum atomic E-state index is -0.178. The molecule has 1 amide bonds. The van der Waals surface area contributed by atoms with Gasteiger partial charge in [-0.2, -0.15) is 0 Å². The lowest BCUT2D eigenvalue weighted by Crippen LogP contribution is -2.21. The summed E-state index contributed by atoms with van der Waals surface area (Å²) in [5.74, 6) is -0.178. The Hall–Kier alpha value is -1.78. The fourth-order valence-electron chi connectivity index (χ4n) is 2.06. The van der Waals surface area contributed by atoms with Gasteiger partial charge in [0, 0.05) is 15.5 Å². The highest BCUT2D eigenvalue weighted by Crippen LogP contribution is 2.28. The maximum absolute atomic E-state index is 11.2. The van der Waals surface area contributed by atoms with Crippen LogP contribution >= 0.6 is 11.8 Å². The lowest BCUT2D eigenvalue weighted by atomic mass is 10.1. The van der Waals surface area contributed by atoms with Gasteiger partial charge in [0.05, 0.1) is 6.54 Å². The lowest BCUT2D eigenvalue weighted by molar-refractivity contribution is -0.114. The molecule has 0 aromatic heterocycles. The average Bonchev–Trinajstić information content (AvgIpc) is 2.56. The van der Waals surface area contributed by atoms with Gasteiger partial charge < -0.3 is 11.1 Å². The first-order chi connectivity index (χ1) is 10.7. The molecule has 0 radical (unpaired) electrons. The van der Waals surface area contributed by atoms with Crippen LogP contribution in [0.15, 0.2) is 58.3 Å². The number of aryl methyl sites for hydroxylation is 1. The van der Waals surface area contributed by atoms with E-state index in [1.807, 2.05) is 24.3 Å². The van der Waals surface area contributed by atoms with Crippen LogP contribution in [0.3, 0.4) is 0 Å². The summed E-state index contributed by atoms with van der Waals surface area (Å²) in [6.45, 7) is 2.21. The van der Waals surface area contributed by atoms with E-state index < -0.39 is 0 Å². The molecular formula is C18H22N2OS. The van der Waals surface area contributed by atoms with Crippen LogP contribution in [0.25, 0.3) is 0 Å². The second-order valence-corrected chi connectivity index (χ2v) is 6.27. The summed E-state index contributed by atoms with van der Waals surface area (Å²) < 4.78 is 0. The van der Waals surface area contributed by atoms with Crippen LogP contribution in [0.1, 0.15) is 25.3 Å². The third-order valence-electron chi connectivity index (χ3n) is 3.30. The molecule has 3 N–H and O–H groups in total. The van der Waals surface area contributed by atoms with Crippen molar-refractivity contribution < 1.29 is 4.79 Å². The number of anilines is 1. The van der Waals surface area contributed by atoms with Crippen molar-refractivity contribution in [1.82, 2.24) is 0 Å². The molecule has 0 fully saturated rings. The molecule has 0 atom stereocenters. The smallest absolute Gasteiger partial charge is 0.238 e. The summed E-state index contributed by atoms with van der Waals surface area (Å²) in [4.78, 5) is 13.6. The summed E-state index contributed by atoms with van der Waals surface area (Å²) in [5.41, 5.74) is 7.45. The SMILES string of the molecule is CCCCc1ccc(Sc2ccc(NC(=O)CN)cc2)cc1. The molecule has 0 aliphatic carbocycles. The van der Waals surface area contributed by atoms with Crippen molar-refractivity contribution in [3.63, 3.8) is 0 Å². The van der Waals surface area contributed by atoms with E-state index in [1.165, 1.54) is 23.3 Å².